The van der Waals surface area contributed by atoms with Crippen molar-refractivity contribution in [2.75, 3.05) is 25.5 Å². The van der Waals surface area contributed by atoms with Gasteiger partial charge in [0.25, 0.3) is 5.91 Å². The normalized spacial score (nSPS) is 11.4. The minimum absolute atomic E-state index is 0.0446. The van der Waals surface area contributed by atoms with Crippen LogP contribution in [0.4, 0.5) is 5.69 Å². The minimum atomic E-state index is -3.87. The molecule has 156 valence electrons. The van der Waals surface area contributed by atoms with Crippen LogP contribution in [-0.4, -0.2) is 44.8 Å². The van der Waals surface area contributed by atoms with E-state index in [0.717, 1.165) is 9.87 Å². The fourth-order valence-corrected chi connectivity index (χ4v) is 4.21. The molecule has 2 aromatic rings. The Morgan fingerprint density at radius 2 is 1.62 bits per heavy atom. The summed E-state index contributed by atoms with van der Waals surface area (Å²) >= 11 is 17.7. The van der Waals surface area contributed by atoms with Crippen molar-refractivity contribution in [1.29, 1.82) is 0 Å². The van der Waals surface area contributed by atoms with Gasteiger partial charge in [-0.25, -0.2) is 8.42 Å². The number of carbonyl (C=O) groups is 2. The molecule has 2 aromatic carbocycles. The number of anilines is 1. The number of nitrogens with one attached hydrogen (secondary N) is 1. The third-order valence-electron chi connectivity index (χ3n) is 3.72. The first kappa shape index (κ1) is 23.4. The predicted molar refractivity (Wildman–Crippen MR) is 112 cm³/mol. The summed E-state index contributed by atoms with van der Waals surface area (Å²) in [6.45, 7) is 0.616. The lowest BCUT2D eigenvalue weighted by Gasteiger charge is -2.16. The number of carbonyl (C=O) groups excluding carboxylic acids is 2. The maximum Gasteiger partial charge on any atom is 0.321 e. The van der Waals surface area contributed by atoms with Gasteiger partial charge in [-0.15, -0.1) is 0 Å². The molecule has 29 heavy (non-hydrogen) atoms. The lowest BCUT2D eigenvalue weighted by Crippen LogP contribution is -2.34. The van der Waals surface area contributed by atoms with E-state index in [9.17, 15) is 18.0 Å². The molecular weight excluding hydrogens is 463 g/mol. The van der Waals surface area contributed by atoms with Crippen molar-refractivity contribution in [3.05, 3.63) is 57.0 Å². The van der Waals surface area contributed by atoms with Crippen molar-refractivity contribution in [2.45, 2.75) is 11.8 Å². The van der Waals surface area contributed by atoms with Crippen molar-refractivity contribution < 1.29 is 22.7 Å². The highest BCUT2D eigenvalue weighted by atomic mass is 35.5. The SMILES string of the molecule is Cc1ccc(S(=O)(=O)N(C)CC(=O)OCC(=O)Nc2c(Cl)cc(Cl)cc2Cl)cc1. The molecule has 1 N–H and O–H groups in total. The zero-order valence-electron chi connectivity index (χ0n) is 15.4. The predicted octanol–water partition coefficient (Wildman–Crippen LogP) is 3.76. The van der Waals surface area contributed by atoms with Gasteiger partial charge in [0, 0.05) is 12.1 Å². The first-order valence-corrected chi connectivity index (χ1v) is 10.7. The molecule has 0 aliphatic carbocycles. The summed E-state index contributed by atoms with van der Waals surface area (Å²) in [5.74, 6) is -1.60. The van der Waals surface area contributed by atoms with Crippen LogP contribution in [-0.2, 0) is 24.3 Å². The molecule has 0 saturated carbocycles. The van der Waals surface area contributed by atoms with Crippen LogP contribution in [0.2, 0.25) is 15.1 Å². The first-order chi connectivity index (χ1) is 13.5. The highest BCUT2D eigenvalue weighted by Gasteiger charge is 2.24. The number of rotatable bonds is 7. The summed E-state index contributed by atoms with van der Waals surface area (Å²) in [5.41, 5.74) is 1.02. The van der Waals surface area contributed by atoms with Gasteiger partial charge in [0.1, 0.15) is 6.54 Å². The summed E-state index contributed by atoms with van der Waals surface area (Å²) < 4.78 is 30.6. The molecule has 0 heterocycles. The van der Waals surface area contributed by atoms with Gasteiger partial charge in [-0.2, -0.15) is 4.31 Å². The number of esters is 1. The summed E-state index contributed by atoms with van der Waals surface area (Å²) in [6.07, 6.45) is 0. The number of ether oxygens (including phenoxy) is 1. The van der Waals surface area contributed by atoms with E-state index in [2.05, 4.69) is 5.32 Å². The Bertz CT molecular complexity index is 1000. The van der Waals surface area contributed by atoms with Crippen LogP contribution < -0.4 is 5.32 Å². The highest BCUT2D eigenvalue weighted by molar-refractivity contribution is 7.89. The Balaban J connectivity index is 1.92. The average molecular weight is 480 g/mol. The molecule has 0 saturated heterocycles. The second-order valence-corrected chi connectivity index (χ2v) is 9.32. The number of hydrogen-bond donors (Lipinski definition) is 1. The van der Waals surface area contributed by atoms with E-state index in [4.69, 9.17) is 39.5 Å². The first-order valence-electron chi connectivity index (χ1n) is 8.13. The molecule has 0 spiro atoms. The van der Waals surface area contributed by atoms with Crippen molar-refractivity contribution in [3.63, 3.8) is 0 Å². The molecule has 0 aliphatic heterocycles. The maximum absolute atomic E-state index is 12.5. The smallest absolute Gasteiger partial charge is 0.321 e. The molecule has 0 bridgehead atoms. The van der Waals surface area contributed by atoms with Crippen LogP contribution in [0.25, 0.3) is 0 Å². The van der Waals surface area contributed by atoms with E-state index in [-0.39, 0.29) is 20.6 Å². The molecule has 0 fully saturated rings. The summed E-state index contributed by atoms with van der Waals surface area (Å²) in [4.78, 5) is 24.0. The zero-order valence-corrected chi connectivity index (χ0v) is 18.5. The summed E-state index contributed by atoms with van der Waals surface area (Å²) in [7, 11) is -2.63. The quantitative estimate of drug-likeness (QED) is 0.610. The van der Waals surface area contributed by atoms with Crippen LogP contribution in [0.3, 0.4) is 0 Å². The van der Waals surface area contributed by atoms with Crippen LogP contribution >= 0.6 is 34.8 Å². The average Bonchev–Trinajstić information content (AvgIpc) is 2.63. The molecule has 11 heteroatoms. The number of hydrogen-bond acceptors (Lipinski definition) is 5. The van der Waals surface area contributed by atoms with Gasteiger partial charge in [-0.1, -0.05) is 52.5 Å². The molecular formula is C18H17Cl3N2O5S. The molecule has 0 atom stereocenters. The van der Waals surface area contributed by atoms with E-state index in [1.165, 1.54) is 31.3 Å². The van der Waals surface area contributed by atoms with Gasteiger partial charge in [0.05, 0.1) is 20.6 Å². The Hall–Kier alpha value is -1.84. The molecule has 0 aliphatic rings. The fourth-order valence-electron chi connectivity index (χ4n) is 2.19. The van der Waals surface area contributed by atoms with E-state index >= 15 is 0 Å². The standard InChI is InChI=1S/C18H17Cl3N2O5S/c1-11-3-5-13(6-4-11)29(26,27)23(2)9-17(25)28-10-16(24)22-18-14(20)7-12(19)8-15(18)21/h3-8H,9-10H2,1-2H3,(H,22,24). The molecule has 1 amide bonds. The third kappa shape index (κ3) is 6.32. The number of halogens is 3. The Kier molecular flexibility index (Phi) is 7.90. The van der Waals surface area contributed by atoms with Crippen molar-refractivity contribution in [1.82, 2.24) is 4.31 Å². The monoisotopic (exact) mass is 478 g/mol. The Morgan fingerprint density at radius 3 is 2.17 bits per heavy atom. The number of amides is 1. The van der Waals surface area contributed by atoms with Gasteiger partial charge in [0.2, 0.25) is 10.0 Å². The number of nitrogens with zero attached hydrogens (tertiary/aromatic N) is 1. The van der Waals surface area contributed by atoms with E-state index in [0.29, 0.717) is 5.02 Å². The van der Waals surface area contributed by atoms with E-state index in [1.807, 2.05) is 6.92 Å². The van der Waals surface area contributed by atoms with E-state index < -0.39 is 35.1 Å². The molecule has 2 rings (SSSR count). The van der Waals surface area contributed by atoms with Gasteiger partial charge in [0.15, 0.2) is 6.61 Å². The van der Waals surface area contributed by atoms with Gasteiger partial charge < -0.3 is 10.1 Å². The summed E-state index contributed by atoms with van der Waals surface area (Å²) in [5, 5.41) is 2.93. The fraction of sp³-hybridized carbons (Fsp3) is 0.222. The number of likely N-dealkylation sites (N-methyl/N-ethyl adjacent to an activating group) is 1. The minimum Gasteiger partial charge on any atom is -0.455 e. The lowest BCUT2D eigenvalue weighted by molar-refractivity contribution is -0.147. The molecule has 0 unspecified atom stereocenters. The molecule has 0 aromatic heterocycles. The largest absolute Gasteiger partial charge is 0.455 e. The second kappa shape index (κ2) is 9.77. The van der Waals surface area contributed by atoms with Gasteiger partial charge in [-0.05, 0) is 31.2 Å². The number of aryl methyl sites for hydroxylation is 1. The topological polar surface area (TPSA) is 92.8 Å². The molecule has 7 nitrogen and oxygen atoms in total. The van der Waals surface area contributed by atoms with E-state index in [1.54, 1.807) is 12.1 Å². The van der Waals surface area contributed by atoms with Crippen molar-refractivity contribution in [3.8, 4) is 0 Å². The van der Waals surface area contributed by atoms with Gasteiger partial charge >= 0.3 is 5.97 Å². The second-order valence-electron chi connectivity index (χ2n) is 6.03. The third-order valence-corrected chi connectivity index (χ3v) is 6.35. The van der Waals surface area contributed by atoms with Crippen molar-refractivity contribution >= 4 is 62.4 Å². The lowest BCUT2D eigenvalue weighted by atomic mass is 10.2. The maximum atomic E-state index is 12.5. The summed E-state index contributed by atoms with van der Waals surface area (Å²) in [6, 6.07) is 8.97. The number of benzene rings is 2. The molecule has 0 radical (unpaired) electrons. The van der Waals surface area contributed by atoms with Gasteiger partial charge in [-0.3, -0.25) is 9.59 Å². The van der Waals surface area contributed by atoms with Crippen LogP contribution in [0.15, 0.2) is 41.3 Å². The zero-order chi connectivity index (χ0) is 21.8. The Morgan fingerprint density at radius 1 is 1.07 bits per heavy atom. The number of sulfonamides is 1. The van der Waals surface area contributed by atoms with Crippen LogP contribution in [0, 0.1) is 6.92 Å². The van der Waals surface area contributed by atoms with Crippen molar-refractivity contribution in [2.24, 2.45) is 0 Å². The van der Waals surface area contributed by atoms with Crippen LogP contribution in [0.5, 0.6) is 0 Å². The Labute approximate surface area is 183 Å². The van der Waals surface area contributed by atoms with Crippen LogP contribution in [0.1, 0.15) is 5.56 Å². The highest BCUT2D eigenvalue weighted by Crippen LogP contribution is 2.33.